The summed E-state index contributed by atoms with van der Waals surface area (Å²) in [6.07, 6.45) is 9.06. The highest BCUT2D eigenvalue weighted by molar-refractivity contribution is 5.94. The van der Waals surface area contributed by atoms with Gasteiger partial charge in [-0.05, 0) is 45.4 Å². The molecule has 140 valence electrons. The molecule has 2 saturated carbocycles. The van der Waals surface area contributed by atoms with Crippen LogP contribution in [-0.4, -0.2) is 48.7 Å². The first kappa shape index (κ1) is 18.2. The van der Waals surface area contributed by atoms with E-state index in [1.165, 1.54) is 44.9 Å². The number of ether oxygens (including phenoxy) is 1. The van der Waals surface area contributed by atoms with Gasteiger partial charge in [-0.15, -0.1) is 0 Å². The number of hydrogen-bond acceptors (Lipinski definition) is 4. The molecule has 0 radical (unpaired) electrons. The van der Waals surface area contributed by atoms with Crippen LogP contribution >= 0.6 is 0 Å². The first-order chi connectivity index (χ1) is 12.1. The fourth-order valence-corrected chi connectivity index (χ4v) is 4.09. The van der Waals surface area contributed by atoms with Crippen molar-refractivity contribution in [3.63, 3.8) is 0 Å². The van der Waals surface area contributed by atoms with Crippen LogP contribution in [0.1, 0.15) is 58.8 Å². The molecule has 0 saturated heterocycles. The summed E-state index contributed by atoms with van der Waals surface area (Å²) in [6.45, 7) is 5.69. The molecule has 1 atom stereocenters. The van der Waals surface area contributed by atoms with Gasteiger partial charge in [-0.3, -0.25) is 4.90 Å². The molecule has 2 N–H and O–H groups in total. The Hall–Kier alpha value is -1.56. The van der Waals surface area contributed by atoms with Crippen LogP contribution in [0.3, 0.4) is 0 Å². The van der Waals surface area contributed by atoms with Crippen molar-refractivity contribution >= 4 is 12.0 Å². The molecule has 1 heterocycles. The first-order valence-corrected chi connectivity index (χ1v) is 9.80. The number of esters is 1. The number of carbonyl (C=O) groups is 2. The highest BCUT2D eigenvalue weighted by atomic mass is 16.5. The van der Waals surface area contributed by atoms with Gasteiger partial charge in [0.25, 0.3) is 0 Å². The van der Waals surface area contributed by atoms with Crippen molar-refractivity contribution in [2.45, 2.75) is 70.9 Å². The van der Waals surface area contributed by atoms with Crippen LogP contribution in [-0.2, 0) is 9.53 Å². The molecule has 2 fully saturated rings. The summed E-state index contributed by atoms with van der Waals surface area (Å²) in [5.74, 6) is 0.418. The van der Waals surface area contributed by atoms with Gasteiger partial charge in [0.1, 0.15) is 0 Å². The Balaban J connectivity index is 1.75. The van der Waals surface area contributed by atoms with Crippen LogP contribution < -0.4 is 10.6 Å². The van der Waals surface area contributed by atoms with Crippen molar-refractivity contribution in [2.24, 2.45) is 5.92 Å². The Kier molecular flexibility index (Phi) is 5.99. The van der Waals surface area contributed by atoms with E-state index in [1.54, 1.807) is 6.92 Å². The van der Waals surface area contributed by atoms with Crippen LogP contribution in [0.5, 0.6) is 0 Å². The number of nitrogens with one attached hydrogen (secondary N) is 2. The summed E-state index contributed by atoms with van der Waals surface area (Å²) in [5, 5.41) is 5.64. The van der Waals surface area contributed by atoms with E-state index >= 15 is 0 Å². The zero-order chi connectivity index (χ0) is 17.8. The van der Waals surface area contributed by atoms with E-state index in [2.05, 4.69) is 15.5 Å². The smallest absolute Gasteiger partial charge is 0.337 e. The third-order valence-corrected chi connectivity index (χ3v) is 5.51. The fourth-order valence-electron chi connectivity index (χ4n) is 4.09. The number of nitrogens with zero attached hydrogens (tertiary/aromatic N) is 1. The third-order valence-electron chi connectivity index (χ3n) is 5.51. The molecule has 3 rings (SSSR count). The normalized spacial score (nSPS) is 24.9. The predicted molar refractivity (Wildman–Crippen MR) is 96.0 cm³/mol. The van der Waals surface area contributed by atoms with Crippen molar-refractivity contribution in [1.82, 2.24) is 15.5 Å². The quantitative estimate of drug-likeness (QED) is 0.693. The molecule has 25 heavy (non-hydrogen) atoms. The SMILES string of the molecule is CCOC(=O)C1=C(CN(CC2CCCCC2)C2CC2)NC(=O)NC1C. The van der Waals surface area contributed by atoms with E-state index in [0.29, 0.717) is 24.8 Å². The lowest BCUT2D eigenvalue weighted by atomic mass is 9.89. The number of amides is 2. The van der Waals surface area contributed by atoms with E-state index in [9.17, 15) is 9.59 Å². The minimum Gasteiger partial charge on any atom is -0.463 e. The second-order valence-electron chi connectivity index (χ2n) is 7.60. The van der Waals surface area contributed by atoms with Gasteiger partial charge in [0, 0.05) is 24.8 Å². The lowest BCUT2D eigenvalue weighted by Gasteiger charge is -2.33. The molecule has 2 amide bonds. The van der Waals surface area contributed by atoms with Gasteiger partial charge in [0.05, 0.1) is 18.2 Å². The van der Waals surface area contributed by atoms with Crippen LogP contribution in [0.25, 0.3) is 0 Å². The molecule has 1 unspecified atom stereocenters. The van der Waals surface area contributed by atoms with E-state index in [4.69, 9.17) is 4.74 Å². The Bertz CT molecular complexity index is 536. The van der Waals surface area contributed by atoms with Crippen molar-refractivity contribution in [1.29, 1.82) is 0 Å². The third kappa shape index (κ3) is 4.75. The molecule has 0 aromatic rings. The van der Waals surface area contributed by atoms with Gasteiger partial charge in [-0.1, -0.05) is 19.3 Å². The van der Waals surface area contributed by atoms with Crippen LogP contribution in [0.2, 0.25) is 0 Å². The summed E-state index contributed by atoms with van der Waals surface area (Å²) < 4.78 is 5.22. The van der Waals surface area contributed by atoms with Gasteiger partial charge < -0.3 is 15.4 Å². The summed E-state index contributed by atoms with van der Waals surface area (Å²) in [5.41, 5.74) is 1.29. The first-order valence-electron chi connectivity index (χ1n) is 9.80. The second kappa shape index (κ2) is 8.21. The number of urea groups is 1. The average molecular weight is 349 g/mol. The molecule has 0 spiro atoms. The van der Waals surface area contributed by atoms with Crippen LogP contribution in [0.4, 0.5) is 4.79 Å². The van der Waals surface area contributed by atoms with Gasteiger partial charge in [-0.25, -0.2) is 9.59 Å². The van der Waals surface area contributed by atoms with Gasteiger partial charge >= 0.3 is 12.0 Å². The van der Waals surface area contributed by atoms with Crippen molar-refractivity contribution in [3.05, 3.63) is 11.3 Å². The maximum Gasteiger partial charge on any atom is 0.337 e. The van der Waals surface area contributed by atoms with Crippen molar-refractivity contribution in [3.8, 4) is 0 Å². The van der Waals surface area contributed by atoms with Crippen LogP contribution in [0, 0.1) is 5.92 Å². The predicted octanol–water partition coefficient (Wildman–Crippen LogP) is 2.55. The Morgan fingerprint density at radius 1 is 1.20 bits per heavy atom. The zero-order valence-electron chi connectivity index (χ0n) is 15.5. The second-order valence-corrected chi connectivity index (χ2v) is 7.60. The van der Waals surface area contributed by atoms with E-state index in [0.717, 1.165) is 18.2 Å². The molecule has 1 aliphatic heterocycles. The summed E-state index contributed by atoms with van der Waals surface area (Å²) in [4.78, 5) is 26.8. The summed E-state index contributed by atoms with van der Waals surface area (Å²) in [6, 6.07) is 0.0439. The van der Waals surface area contributed by atoms with Gasteiger partial charge in [-0.2, -0.15) is 0 Å². The molecule has 2 aliphatic carbocycles. The van der Waals surface area contributed by atoms with Crippen molar-refractivity contribution < 1.29 is 14.3 Å². The fraction of sp³-hybridized carbons (Fsp3) is 0.789. The molecule has 0 bridgehead atoms. The number of carbonyl (C=O) groups excluding carboxylic acids is 2. The average Bonchev–Trinajstić information content (AvgIpc) is 3.39. The molecule has 0 aromatic heterocycles. The minimum atomic E-state index is -0.328. The monoisotopic (exact) mass is 349 g/mol. The summed E-state index contributed by atoms with van der Waals surface area (Å²) in [7, 11) is 0. The Morgan fingerprint density at radius 2 is 1.92 bits per heavy atom. The lowest BCUT2D eigenvalue weighted by Crippen LogP contribution is -2.51. The van der Waals surface area contributed by atoms with Crippen LogP contribution in [0.15, 0.2) is 11.3 Å². The summed E-state index contributed by atoms with van der Waals surface area (Å²) >= 11 is 0. The molecule has 6 nitrogen and oxygen atoms in total. The Morgan fingerprint density at radius 3 is 2.56 bits per heavy atom. The number of hydrogen-bond donors (Lipinski definition) is 2. The molecular weight excluding hydrogens is 318 g/mol. The molecular formula is C19H31N3O3. The topological polar surface area (TPSA) is 70.7 Å². The molecule has 3 aliphatic rings. The van der Waals surface area contributed by atoms with E-state index in [-0.39, 0.29) is 18.0 Å². The van der Waals surface area contributed by atoms with E-state index < -0.39 is 0 Å². The minimum absolute atomic E-state index is 0.232. The highest BCUT2D eigenvalue weighted by Crippen LogP contribution is 2.32. The Labute approximate surface area is 150 Å². The molecule has 6 heteroatoms. The lowest BCUT2D eigenvalue weighted by molar-refractivity contribution is -0.139. The largest absolute Gasteiger partial charge is 0.463 e. The maximum absolute atomic E-state index is 12.4. The standard InChI is InChI=1S/C19H31N3O3/c1-3-25-18(23)17-13(2)20-19(24)21-16(17)12-22(15-9-10-15)11-14-7-5-4-6-8-14/h13-15H,3-12H2,1-2H3,(H2,20,21,24). The molecule has 0 aromatic carbocycles. The maximum atomic E-state index is 12.4. The van der Waals surface area contributed by atoms with Crippen molar-refractivity contribution in [2.75, 3.05) is 19.7 Å². The zero-order valence-corrected chi connectivity index (χ0v) is 15.5. The van der Waals surface area contributed by atoms with Gasteiger partial charge in [0.15, 0.2) is 0 Å². The van der Waals surface area contributed by atoms with Gasteiger partial charge in [0.2, 0.25) is 0 Å². The number of rotatable bonds is 7. The highest BCUT2D eigenvalue weighted by Gasteiger charge is 2.35. The van der Waals surface area contributed by atoms with E-state index in [1.807, 2.05) is 6.92 Å².